The lowest BCUT2D eigenvalue weighted by molar-refractivity contribution is -0.115. The van der Waals surface area contributed by atoms with Gasteiger partial charge in [0.15, 0.2) is 0 Å². The lowest BCUT2D eigenvalue weighted by atomic mass is 10.2. The van der Waals surface area contributed by atoms with Crippen molar-refractivity contribution in [3.63, 3.8) is 0 Å². The van der Waals surface area contributed by atoms with Crippen LogP contribution >= 0.6 is 0 Å². The highest BCUT2D eigenvalue weighted by Crippen LogP contribution is 2.12. The Hall–Kier alpha value is -1.84. The summed E-state index contributed by atoms with van der Waals surface area (Å²) in [6.45, 7) is 5.35. The number of hydrogen-bond acceptors (Lipinski definition) is 3. The molecule has 0 unspecified atom stereocenters. The van der Waals surface area contributed by atoms with E-state index in [1.54, 1.807) is 45.0 Å². The molecule has 0 spiro atoms. The highest BCUT2D eigenvalue weighted by Gasteiger charge is 2.10. The maximum absolute atomic E-state index is 11.6. The number of amides is 1. The molecule has 1 aromatic carbocycles. The van der Waals surface area contributed by atoms with Gasteiger partial charge in [-0.15, -0.1) is 0 Å². The SMILES string of the molecule is CCC(=O)Nc1cccc(C(=O)OC(C)C)c1. The molecule has 0 saturated carbocycles. The number of esters is 1. The zero-order chi connectivity index (χ0) is 12.8. The molecule has 17 heavy (non-hydrogen) atoms. The Labute approximate surface area is 101 Å². The van der Waals surface area contributed by atoms with E-state index in [2.05, 4.69) is 5.32 Å². The van der Waals surface area contributed by atoms with Gasteiger partial charge < -0.3 is 10.1 Å². The van der Waals surface area contributed by atoms with Crippen LogP contribution in [0.3, 0.4) is 0 Å². The van der Waals surface area contributed by atoms with Crippen LogP contribution < -0.4 is 5.32 Å². The second kappa shape index (κ2) is 6.03. The van der Waals surface area contributed by atoms with Crippen LogP contribution in [0.1, 0.15) is 37.6 Å². The highest BCUT2D eigenvalue weighted by atomic mass is 16.5. The molecule has 0 atom stereocenters. The van der Waals surface area contributed by atoms with E-state index in [0.717, 1.165) is 0 Å². The second-order valence-electron chi connectivity index (χ2n) is 3.94. The van der Waals surface area contributed by atoms with Gasteiger partial charge in [0.1, 0.15) is 0 Å². The summed E-state index contributed by atoms with van der Waals surface area (Å²) in [5, 5.41) is 2.69. The van der Waals surface area contributed by atoms with E-state index in [9.17, 15) is 9.59 Å². The summed E-state index contributed by atoms with van der Waals surface area (Å²) < 4.78 is 5.07. The molecule has 4 nitrogen and oxygen atoms in total. The summed E-state index contributed by atoms with van der Waals surface area (Å²) >= 11 is 0. The number of carbonyl (C=O) groups excluding carboxylic acids is 2. The van der Waals surface area contributed by atoms with Crippen molar-refractivity contribution >= 4 is 17.6 Å². The first kappa shape index (κ1) is 13.2. The molecular formula is C13H17NO3. The molecular weight excluding hydrogens is 218 g/mol. The molecule has 0 aromatic heterocycles. The normalized spacial score (nSPS) is 10.1. The average molecular weight is 235 g/mol. The Balaban J connectivity index is 2.78. The standard InChI is InChI=1S/C13H17NO3/c1-4-12(15)14-11-7-5-6-10(8-11)13(16)17-9(2)3/h5-9H,4H2,1-3H3,(H,14,15). The van der Waals surface area contributed by atoms with Crippen LogP contribution in [-0.2, 0) is 9.53 Å². The Bertz CT molecular complexity index is 413. The third kappa shape index (κ3) is 4.26. The number of rotatable bonds is 4. The Kier molecular flexibility index (Phi) is 4.69. The minimum absolute atomic E-state index is 0.0839. The molecule has 1 amide bonds. The fourth-order valence-electron chi connectivity index (χ4n) is 1.26. The van der Waals surface area contributed by atoms with Crippen molar-refractivity contribution in [2.75, 3.05) is 5.32 Å². The fourth-order valence-corrected chi connectivity index (χ4v) is 1.26. The van der Waals surface area contributed by atoms with Gasteiger partial charge in [0, 0.05) is 12.1 Å². The van der Waals surface area contributed by atoms with Crippen LogP contribution in [0.15, 0.2) is 24.3 Å². The number of hydrogen-bond donors (Lipinski definition) is 1. The van der Waals surface area contributed by atoms with E-state index in [0.29, 0.717) is 17.7 Å². The summed E-state index contributed by atoms with van der Waals surface area (Å²) in [6, 6.07) is 6.71. The summed E-state index contributed by atoms with van der Waals surface area (Å²) in [6.07, 6.45) is 0.247. The van der Waals surface area contributed by atoms with Crippen LogP contribution in [0, 0.1) is 0 Å². The maximum atomic E-state index is 11.6. The van der Waals surface area contributed by atoms with Gasteiger partial charge in [0.2, 0.25) is 5.91 Å². The van der Waals surface area contributed by atoms with Gasteiger partial charge in [-0.2, -0.15) is 0 Å². The van der Waals surface area contributed by atoms with Crippen molar-refractivity contribution in [2.24, 2.45) is 0 Å². The zero-order valence-corrected chi connectivity index (χ0v) is 10.3. The van der Waals surface area contributed by atoms with Crippen molar-refractivity contribution in [3.05, 3.63) is 29.8 Å². The summed E-state index contributed by atoms with van der Waals surface area (Å²) in [7, 11) is 0. The van der Waals surface area contributed by atoms with Crippen LogP contribution in [0.2, 0.25) is 0 Å². The summed E-state index contributed by atoms with van der Waals surface area (Å²) in [5.74, 6) is -0.466. The number of carbonyl (C=O) groups is 2. The lowest BCUT2D eigenvalue weighted by Gasteiger charge is -2.09. The molecule has 0 aliphatic rings. The lowest BCUT2D eigenvalue weighted by Crippen LogP contribution is -2.13. The molecule has 0 heterocycles. The molecule has 0 radical (unpaired) electrons. The first-order chi connectivity index (χ1) is 8.02. The molecule has 0 saturated heterocycles. The Morgan fingerprint density at radius 2 is 2.06 bits per heavy atom. The predicted octanol–water partition coefficient (Wildman–Crippen LogP) is 2.60. The number of nitrogens with one attached hydrogen (secondary N) is 1. The van der Waals surface area contributed by atoms with E-state index in [-0.39, 0.29) is 18.0 Å². The van der Waals surface area contributed by atoms with Crippen molar-refractivity contribution < 1.29 is 14.3 Å². The predicted molar refractivity (Wildman–Crippen MR) is 65.9 cm³/mol. The van der Waals surface area contributed by atoms with Crippen molar-refractivity contribution in [3.8, 4) is 0 Å². The van der Waals surface area contributed by atoms with Gasteiger partial charge in [0.05, 0.1) is 11.7 Å². The minimum Gasteiger partial charge on any atom is -0.459 e. The van der Waals surface area contributed by atoms with Gasteiger partial charge in [-0.05, 0) is 32.0 Å². The minimum atomic E-state index is -0.382. The van der Waals surface area contributed by atoms with E-state index in [4.69, 9.17) is 4.74 Å². The number of benzene rings is 1. The van der Waals surface area contributed by atoms with Gasteiger partial charge in [0.25, 0.3) is 0 Å². The molecule has 1 aromatic rings. The Morgan fingerprint density at radius 3 is 2.65 bits per heavy atom. The van der Waals surface area contributed by atoms with Crippen LogP contribution in [0.4, 0.5) is 5.69 Å². The van der Waals surface area contributed by atoms with Crippen molar-refractivity contribution in [2.45, 2.75) is 33.3 Å². The van der Waals surface area contributed by atoms with E-state index >= 15 is 0 Å². The quantitative estimate of drug-likeness (QED) is 0.816. The molecule has 0 fully saturated rings. The average Bonchev–Trinajstić information content (AvgIpc) is 2.28. The third-order valence-corrected chi connectivity index (χ3v) is 2.05. The number of anilines is 1. The van der Waals surface area contributed by atoms with Gasteiger partial charge in [-0.25, -0.2) is 4.79 Å². The van der Waals surface area contributed by atoms with Crippen molar-refractivity contribution in [1.29, 1.82) is 0 Å². The monoisotopic (exact) mass is 235 g/mol. The zero-order valence-electron chi connectivity index (χ0n) is 10.3. The molecule has 0 aliphatic heterocycles. The van der Waals surface area contributed by atoms with Gasteiger partial charge in [-0.3, -0.25) is 4.79 Å². The van der Waals surface area contributed by atoms with E-state index in [1.165, 1.54) is 0 Å². The molecule has 0 aliphatic carbocycles. The van der Waals surface area contributed by atoms with E-state index < -0.39 is 0 Å². The summed E-state index contributed by atoms with van der Waals surface area (Å²) in [4.78, 5) is 22.8. The van der Waals surface area contributed by atoms with E-state index in [1.807, 2.05) is 0 Å². The number of ether oxygens (including phenoxy) is 1. The molecule has 1 rings (SSSR count). The third-order valence-electron chi connectivity index (χ3n) is 2.05. The van der Waals surface area contributed by atoms with Crippen LogP contribution in [-0.4, -0.2) is 18.0 Å². The van der Waals surface area contributed by atoms with Crippen LogP contribution in [0.25, 0.3) is 0 Å². The molecule has 1 N–H and O–H groups in total. The van der Waals surface area contributed by atoms with Gasteiger partial charge in [-0.1, -0.05) is 13.0 Å². The molecule has 4 heteroatoms. The molecule has 0 bridgehead atoms. The fraction of sp³-hybridized carbons (Fsp3) is 0.385. The molecule has 92 valence electrons. The topological polar surface area (TPSA) is 55.4 Å². The van der Waals surface area contributed by atoms with Gasteiger partial charge >= 0.3 is 5.97 Å². The Morgan fingerprint density at radius 1 is 1.35 bits per heavy atom. The second-order valence-corrected chi connectivity index (χ2v) is 3.94. The van der Waals surface area contributed by atoms with Crippen molar-refractivity contribution in [1.82, 2.24) is 0 Å². The first-order valence-electron chi connectivity index (χ1n) is 5.63. The highest BCUT2D eigenvalue weighted by molar-refractivity contribution is 5.94. The smallest absolute Gasteiger partial charge is 0.338 e. The van der Waals surface area contributed by atoms with Crippen LogP contribution in [0.5, 0.6) is 0 Å². The largest absolute Gasteiger partial charge is 0.459 e. The summed E-state index contributed by atoms with van der Waals surface area (Å²) in [5.41, 5.74) is 1.04. The first-order valence-corrected chi connectivity index (χ1v) is 5.63. The maximum Gasteiger partial charge on any atom is 0.338 e.